The van der Waals surface area contributed by atoms with Gasteiger partial charge in [-0.2, -0.15) is 0 Å². The molecule has 0 bridgehead atoms. The maximum Gasteiger partial charge on any atom is 0.304 e. The van der Waals surface area contributed by atoms with Gasteiger partial charge in [0.25, 0.3) is 5.56 Å². The van der Waals surface area contributed by atoms with Gasteiger partial charge in [-0.05, 0) is 12.8 Å². The number of hydrogen-bond acceptors (Lipinski definition) is 5. The molecule has 3 rings (SSSR count). The molecule has 0 atom stereocenters. The molecule has 0 amide bonds. The van der Waals surface area contributed by atoms with Crippen molar-refractivity contribution in [3.05, 3.63) is 33.7 Å². The summed E-state index contributed by atoms with van der Waals surface area (Å²) in [4.78, 5) is 29.9. The standard InChI is InChI=1S/C13H15N3O3S/c17-11-7-9(14-13-16(11)5-6-20-13)8-15(10-1-2-10)4-3-12(18)19/h5-7,10H,1-4,8H2,(H,18,19). The lowest BCUT2D eigenvalue weighted by molar-refractivity contribution is -0.137. The number of thiazole rings is 1. The highest BCUT2D eigenvalue weighted by molar-refractivity contribution is 7.15. The molecule has 0 aliphatic heterocycles. The van der Waals surface area contributed by atoms with E-state index >= 15 is 0 Å². The lowest BCUT2D eigenvalue weighted by atomic mass is 10.3. The van der Waals surface area contributed by atoms with E-state index in [1.807, 2.05) is 5.38 Å². The van der Waals surface area contributed by atoms with Crippen molar-refractivity contribution in [3.63, 3.8) is 0 Å². The Hall–Kier alpha value is -1.73. The van der Waals surface area contributed by atoms with Crippen LogP contribution in [0.1, 0.15) is 25.0 Å². The second-order valence-electron chi connectivity index (χ2n) is 4.99. The van der Waals surface area contributed by atoms with E-state index in [0.717, 1.165) is 18.5 Å². The maximum atomic E-state index is 11.9. The number of aliphatic carboxylic acids is 1. The Balaban J connectivity index is 1.79. The van der Waals surface area contributed by atoms with E-state index in [-0.39, 0.29) is 12.0 Å². The molecule has 1 saturated carbocycles. The molecule has 7 heteroatoms. The van der Waals surface area contributed by atoms with Gasteiger partial charge in [0, 0.05) is 36.8 Å². The molecule has 2 heterocycles. The maximum absolute atomic E-state index is 11.9. The van der Waals surface area contributed by atoms with E-state index in [1.165, 1.54) is 21.8 Å². The molecule has 0 spiro atoms. The summed E-state index contributed by atoms with van der Waals surface area (Å²) in [7, 11) is 0. The molecule has 1 fully saturated rings. The van der Waals surface area contributed by atoms with Crippen molar-refractivity contribution in [1.82, 2.24) is 14.3 Å². The average Bonchev–Trinajstić information content (AvgIpc) is 3.12. The zero-order chi connectivity index (χ0) is 14.1. The first-order valence-corrected chi connectivity index (χ1v) is 7.43. The van der Waals surface area contributed by atoms with Crippen molar-refractivity contribution in [2.75, 3.05) is 6.54 Å². The Morgan fingerprint density at radius 1 is 1.55 bits per heavy atom. The van der Waals surface area contributed by atoms with Gasteiger partial charge >= 0.3 is 5.97 Å². The lowest BCUT2D eigenvalue weighted by Gasteiger charge is -2.20. The van der Waals surface area contributed by atoms with Crippen LogP contribution in [0.3, 0.4) is 0 Å². The van der Waals surface area contributed by atoms with Gasteiger partial charge in [-0.1, -0.05) is 0 Å². The van der Waals surface area contributed by atoms with Crippen LogP contribution in [0.25, 0.3) is 4.96 Å². The summed E-state index contributed by atoms with van der Waals surface area (Å²) in [5.74, 6) is -0.794. The molecule has 0 unspecified atom stereocenters. The number of hydrogen-bond donors (Lipinski definition) is 1. The van der Waals surface area contributed by atoms with Crippen LogP contribution in [0.2, 0.25) is 0 Å². The number of rotatable bonds is 6. The van der Waals surface area contributed by atoms with Crippen LogP contribution in [0.15, 0.2) is 22.4 Å². The summed E-state index contributed by atoms with van der Waals surface area (Å²) in [6, 6.07) is 1.98. The zero-order valence-corrected chi connectivity index (χ0v) is 11.7. The largest absolute Gasteiger partial charge is 0.481 e. The second kappa shape index (κ2) is 5.34. The first-order valence-electron chi connectivity index (χ1n) is 6.55. The van der Waals surface area contributed by atoms with Crippen molar-refractivity contribution in [2.45, 2.75) is 31.8 Å². The molecule has 6 nitrogen and oxygen atoms in total. The van der Waals surface area contributed by atoms with Gasteiger partial charge in [0.05, 0.1) is 12.1 Å². The predicted molar refractivity (Wildman–Crippen MR) is 75.0 cm³/mol. The number of nitrogens with zero attached hydrogens (tertiary/aromatic N) is 3. The fourth-order valence-corrected chi connectivity index (χ4v) is 2.99. The van der Waals surface area contributed by atoms with Crippen molar-refractivity contribution in [1.29, 1.82) is 0 Å². The normalized spacial score (nSPS) is 15.1. The van der Waals surface area contributed by atoms with Crippen LogP contribution in [-0.2, 0) is 11.3 Å². The highest BCUT2D eigenvalue weighted by Crippen LogP contribution is 2.28. The number of aromatic nitrogens is 2. The van der Waals surface area contributed by atoms with E-state index in [2.05, 4.69) is 9.88 Å². The quantitative estimate of drug-likeness (QED) is 0.866. The van der Waals surface area contributed by atoms with Crippen LogP contribution in [0.5, 0.6) is 0 Å². The zero-order valence-electron chi connectivity index (χ0n) is 10.9. The summed E-state index contributed by atoms with van der Waals surface area (Å²) in [5, 5.41) is 10.6. The fraction of sp³-hybridized carbons (Fsp3) is 0.462. The SMILES string of the molecule is O=C(O)CCN(Cc1cc(=O)n2ccsc2n1)C1CC1. The highest BCUT2D eigenvalue weighted by atomic mass is 32.1. The predicted octanol–water partition coefficient (Wildman–Crippen LogP) is 1.20. The Morgan fingerprint density at radius 2 is 2.35 bits per heavy atom. The second-order valence-corrected chi connectivity index (χ2v) is 5.86. The van der Waals surface area contributed by atoms with Crippen LogP contribution < -0.4 is 5.56 Å². The van der Waals surface area contributed by atoms with Gasteiger partial charge < -0.3 is 5.11 Å². The van der Waals surface area contributed by atoms with Gasteiger partial charge in [0.2, 0.25) is 0 Å². The third-order valence-corrected chi connectivity index (χ3v) is 4.15. The van der Waals surface area contributed by atoms with Gasteiger partial charge in [-0.15, -0.1) is 11.3 Å². The highest BCUT2D eigenvalue weighted by Gasteiger charge is 2.29. The molecule has 1 aliphatic carbocycles. The first kappa shape index (κ1) is 13.3. The lowest BCUT2D eigenvalue weighted by Crippen LogP contribution is -2.29. The molecular formula is C13H15N3O3S. The minimum absolute atomic E-state index is 0.0831. The van der Waals surface area contributed by atoms with Gasteiger partial charge in [0.1, 0.15) is 0 Å². The summed E-state index contributed by atoms with van der Waals surface area (Å²) in [6.45, 7) is 1.05. The van der Waals surface area contributed by atoms with Crippen molar-refractivity contribution in [2.24, 2.45) is 0 Å². The van der Waals surface area contributed by atoms with Crippen molar-refractivity contribution in [3.8, 4) is 0 Å². The van der Waals surface area contributed by atoms with Gasteiger partial charge in [-0.3, -0.25) is 18.9 Å². The molecule has 2 aromatic rings. The molecule has 106 valence electrons. The number of fused-ring (bicyclic) bond motifs is 1. The Labute approximate surface area is 119 Å². The van der Waals surface area contributed by atoms with E-state index in [4.69, 9.17) is 5.11 Å². The average molecular weight is 293 g/mol. The molecule has 0 radical (unpaired) electrons. The first-order chi connectivity index (χ1) is 9.63. The van der Waals surface area contributed by atoms with E-state index in [0.29, 0.717) is 24.1 Å². The van der Waals surface area contributed by atoms with Crippen LogP contribution in [0, 0.1) is 0 Å². The monoisotopic (exact) mass is 293 g/mol. The Morgan fingerprint density at radius 3 is 3.05 bits per heavy atom. The summed E-state index contributed by atoms with van der Waals surface area (Å²) in [5.41, 5.74) is 0.634. The molecule has 1 N–H and O–H groups in total. The summed E-state index contributed by atoms with van der Waals surface area (Å²) in [6.07, 6.45) is 4.03. The molecule has 1 aliphatic rings. The molecule has 20 heavy (non-hydrogen) atoms. The van der Waals surface area contributed by atoms with Gasteiger partial charge in [0.15, 0.2) is 4.96 Å². The van der Waals surface area contributed by atoms with Crippen molar-refractivity contribution >= 4 is 22.3 Å². The topological polar surface area (TPSA) is 74.9 Å². The van der Waals surface area contributed by atoms with Gasteiger partial charge in [-0.25, -0.2) is 4.98 Å². The van der Waals surface area contributed by atoms with E-state index < -0.39 is 5.97 Å². The summed E-state index contributed by atoms with van der Waals surface area (Å²) < 4.78 is 1.52. The number of carboxylic acid groups (broad SMARTS) is 1. The van der Waals surface area contributed by atoms with Crippen molar-refractivity contribution < 1.29 is 9.90 Å². The van der Waals surface area contributed by atoms with Crippen LogP contribution in [0.4, 0.5) is 0 Å². The molecular weight excluding hydrogens is 278 g/mol. The smallest absolute Gasteiger partial charge is 0.304 e. The van der Waals surface area contributed by atoms with Crippen LogP contribution >= 0.6 is 11.3 Å². The minimum Gasteiger partial charge on any atom is -0.481 e. The third kappa shape index (κ3) is 2.88. The molecule has 0 saturated heterocycles. The molecule has 2 aromatic heterocycles. The number of carbonyl (C=O) groups is 1. The Kier molecular flexibility index (Phi) is 3.54. The third-order valence-electron chi connectivity index (χ3n) is 3.40. The van der Waals surface area contributed by atoms with E-state index in [9.17, 15) is 9.59 Å². The molecule has 0 aromatic carbocycles. The fourth-order valence-electron chi connectivity index (χ4n) is 2.25. The summed E-state index contributed by atoms with van der Waals surface area (Å²) >= 11 is 1.42. The Bertz CT molecular complexity index is 689. The van der Waals surface area contributed by atoms with E-state index in [1.54, 1.807) is 6.20 Å². The minimum atomic E-state index is -0.794. The number of carboxylic acids is 1. The van der Waals surface area contributed by atoms with Crippen LogP contribution in [-0.4, -0.2) is 37.9 Å².